The smallest absolute Gasteiger partial charge is 0.314 e. The molecular formula is C18H29N3O2. The molecule has 1 aliphatic rings. The molecule has 0 radical (unpaired) electrons. The number of likely N-dealkylation sites (tertiary alicyclic amines) is 1. The minimum atomic E-state index is -0.123. The maximum atomic E-state index is 11.7. The molecule has 23 heavy (non-hydrogen) atoms. The molecule has 1 heterocycles. The van der Waals surface area contributed by atoms with E-state index >= 15 is 0 Å². The number of carbonyl (C=O) groups excluding carboxylic acids is 1. The summed E-state index contributed by atoms with van der Waals surface area (Å²) in [7, 11) is 0. The highest BCUT2D eigenvalue weighted by Gasteiger charge is 2.15. The van der Waals surface area contributed by atoms with E-state index in [1.807, 2.05) is 31.2 Å². The number of hydrogen-bond donors (Lipinski definition) is 2. The number of rotatable bonds is 7. The molecule has 0 spiro atoms. The van der Waals surface area contributed by atoms with E-state index in [1.165, 1.54) is 18.4 Å². The second kappa shape index (κ2) is 9.40. The van der Waals surface area contributed by atoms with Crippen molar-refractivity contribution in [3.63, 3.8) is 0 Å². The van der Waals surface area contributed by atoms with Crippen molar-refractivity contribution in [1.82, 2.24) is 15.5 Å². The van der Waals surface area contributed by atoms with E-state index < -0.39 is 0 Å². The zero-order chi connectivity index (χ0) is 16.5. The number of nitrogens with zero attached hydrogens (tertiary/aromatic N) is 1. The van der Waals surface area contributed by atoms with Crippen molar-refractivity contribution >= 4 is 6.03 Å². The molecule has 0 saturated carbocycles. The number of piperidine rings is 1. The fourth-order valence-electron chi connectivity index (χ4n) is 2.85. The highest BCUT2D eigenvalue weighted by atomic mass is 16.5. The standard InChI is InChI=1S/C18H29N3O2/c1-15-5-7-17(8-6-15)23-13-10-20-18(22)19-9-12-21-11-3-4-16(2)14-21/h5-8,16H,3-4,9-14H2,1-2H3,(H2,19,20,22). The van der Waals surface area contributed by atoms with Gasteiger partial charge in [-0.3, -0.25) is 0 Å². The first kappa shape index (κ1) is 17.6. The van der Waals surface area contributed by atoms with Crippen LogP contribution in [0.1, 0.15) is 25.3 Å². The fourth-order valence-corrected chi connectivity index (χ4v) is 2.85. The zero-order valence-electron chi connectivity index (χ0n) is 14.3. The van der Waals surface area contributed by atoms with Gasteiger partial charge in [-0.25, -0.2) is 4.79 Å². The summed E-state index contributed by atoms with van der Waals surface area (Å²) in [6, 6.07) is 7.78. The first-order chi connectivity index (χ1) is 11.1. The van der Waals surface area contributed by atoms with Gasteiger partial charge in [0.2, 0.25) is 0 Å². The van der Waals surface area contributed by atoms with Gasteiger partial charge in [-0.15, -0.1) is 0 Å². The van der Waals surface area contributed by atoms with Crippen LogP contribution in [0.3, 0.4) is 0 Å². The van der Waals surface area contributed by atoms with Gasteiger partial charge in [-0.1, -0.05) is 24.6 Å². The lowest BCUT2D eigenvalue weighted by Gasteiger charge is -2.30. The molecule has 1 fully saturated rings. The molecule has 1 aromatic carbocycles. The number of carbonyl (C=O) groups is 1. The van der Waals surface area contributed by atoms with Crippen LogP contribution in [-0.4, -0.2) is 50.3 Å². The summed E-state index contributed by atoms with van der Waals surface area (Å²) >= 11 is 0. The molecule has 1 aromatic rings. The minimum Gasteiger partial charge on any atom is -0.492 e. The molecule has 128 valence electrons. The maximum absolute atomic E-state index is 11.7. The Balaban J connectivity index is 1.50. The van der Waals surface area contributed by atoms with Crippen molar-refractivity contribution in [3.8, 4) is 5.75 Å². The van der Waals surface area contributed by atoms with Crippen LogP contribution in [0.2, 0.25) is 0 Å². The van der Waals surface area contributed by atoms with Gasteiger partial charge in [0.25, 0.3) is 0 Å². The summed E-state index contributed by atoms with van der Waals surface area (Å²) in [5.41, 5.74) is 1.21. The molecule has 1 saturated heterocycles. The molecule has 2 rings (SSSR count). The number of ether oxygens (including phenoxy) is 1. The van der Waals surface area contributed by atoms with E-state index in [1.54, 1.807) is 0 Å². The van der Waals surface area contributed by atoms with Gasteiger partial charge in [0.05, 0.1) is 6.54 Å². The Morgan fingerprint density at radius 2 is 2.00 bits per heavy atom. The average molecular weight is 319 g/mol. The Hall–Kier alpha value is -1.75. The Morgan fingerprint density at radius 3 is 2.74 bits per heavy atom. The third-order valence-electron chi connectivity index (χ3n) is 4.13. The first-order valence-electron chi connectivity index (χ1n) is 8.57. The quantitative estimate of drug-likeness (QED) is 0.759. The summed E-state index contributed by atoms with van der Waals surface area (Å²) in [6.45, 7) is 9.22. The molecule has 1 unspecified atom stereocenters. The molecule has 2 amide bonds. The third kappa shape index (κ3) is 6.91. The highest BCUT2D eigenvalue weighted by Crippen LogP contribution is 2.14. The van der Waals surface area contributed by atoms with Crippen LogP contribution in [0, 0.1) is 12.8 Å². The van der Waals surface area contributed by atoms with Crippen molar-refractivity contribution in [1.29, 1.82) is 0 Å². The number of hydrogen-bond acceptors (Lipinski definition) is 3. The monoisotopic (exact) mass is 319 g/mol. The molecule has 1 atom stereocenters. The Bertz CT molecular complexity index is 476. The van der Waals surface area contributed by atoms with Gasteiger partial charge in [0.15, 0.2) is 0 Å². The minimum absolute atomic E-state index is 0.123. The molecule has 0 aliphatic carbocycles. The molecular weight excluding hydrogens is 290 g/mol. The SMILES string of the molecule is Cc1ccc(OCCNC(=O)NCCN2CCCC(C)C2)cc1. The lowest BCUT2D eigenvalue weighted by Crippen LogP contribution is -2.43. The summed E-state index contributed by atoms with van der Waals surface area (Å²) in [4.78, 5) is 14.1. The van der Waals surface area contributed by atoms with Crippen LogP contribution in [0.5, 0.6) is 5.75 Å². The predicted molar refractivity (Wildman–Crippen MR) is 92.9 cm³/mol. The summed E-state index contributed by atoms with van der Waals surface area (Å²) in [5, 5.41) is 5.72. The van der Waals surface area contributed by atoms with E-state index in [2.05, 4.69) is 22.5 Å². The van der Waals surface area contributed by atoms with Gasteiger partial charge in [-0.05, 0) is 44.4 Å². The number of urea groups is 1. The maximum Gasteiger partial charge on any atom is 0.314 e. The number of amides is 2. The molecule has 5 heteroatoms. The Labute approximate surface area is 139 Å². The average Bonchev–Trinajstić information content (AvgIpc) is 2.53. The van der Waals surface area contributed by atoms with E-state index in [-0.39, 0.29) is 6.03 Å². The summed E-state index contributed by atoms with van der Waals surface area (Å²) in [6.07, 6.45) is 2.59. The second-order valence-electron chi connectivity index (χ2n) is 6.39. The molecule has 2 N–H and O–H groups in total. The Kier molecular flexibility index (Phi) is 7.20. The van der Waals surface area contributed by atoms with Gasteiger partial charge in [0.1, 0.15) is 12.4 Å². The lowest BCUT2D eigenvalue weighted by atomic mass is 10.0. The zero-order valence-corrected chi connectivity index (χ0v) is 14.3. The van der Waals surface area contributed by atoms with Crippen LogP contribution in [0.4, 0.5) is 4.79 Å². The fraction of sp³-hybridized carbons (Fsp3) is 0.611. The predicted octanol–water partition coefficient (Wildman–Crippen LogP) is 2.40. The van der Waals surface area contributed by atoms with Crippen molar-refractivity contribution in [2.75, 3.05) is 39.3 Å². The lowest BCUT2D eigenvalue weighted by molar-refractivity contribution is 0.183. The van der Waals surface area contributed by atoms with E-state index in [9.17, 15) is 4.79 Å². The van der Waals surface area contributed by atoms with Gasteiger partial charge in [0, 0.05) is 19.6 Å². The molecule has 0 aromatic heterocycles. The van der Waals surface area contributed by atoms with E-state index in [0.717, 1.165) is 31.3 Å². The van der Waals surface area contributed by atoms with Crippen molar-refractivity contribution in [2.45, 2.75) is 26.7 Å². The van der Waals surface area contributed by atoms with Gasteiger partial charge < -0.3 is 20.3 Å². The van der Waals surface area contributed by atoms with Gasteiger partial charge in [-0.2, -0.15) is 0 Å². The van der Waals surface area contributed by atoms with Crippen LogP contribution >= 0.6 is 0 Å². The van der Waals surface area contributed by atoms with Crippen LogP contribution in [0.25, 0.3) is 0 Å². The number of benzene rings is 1. The molecule has 5 nitrogen and oxygen atoms in total. The topological polar surface area (TPSA) is 53.6 Å². The number of aryl methyl sites for hydroxylation is 1. The van der Waals surface area contributed by atoms with E-state index in [4.69, 9.17) is 4.74 Å². The Morgan fingerprint density at radius 1 is 1.26 bits per heavy atom. The van der Waals surface area contributed by atoms with Crippen molar-refractivity contribution < 1.29 is 9.53 Å². The van der Waals surface area contributed by atoms with Crippen molar-refractivity contribution in [2.24, 2.45) is 5.92 Å². The number of nitrogens with one attached hydrogen (secondary N) is 2. The highest BCUT2D eigenvalue weighted by molar-refractivity contribution is 5.73. The normalized spacial score (nSPS) is 18.4. The summed E-state index contributed by atoms with van der Waals surface area (Å²) in [5.74, 6) is 1.61. The summed E-state index contributed by atoms with van der Waals surface area (Å²) < 4.78 is 5.57. The largest absolute Gasteiger partial charge is 0.492 e. The van der Waals surface area contributed by atoms with Crippen LogP contribution in [-0.2, 0) is 0 Å². The molecule has 0 bridgehead atoms. The second-order valence-corrected chi connectivity index (χ2v) is 6.39. The van der Waals surface area contributed by atoms with Gasteiger partial charge >= 0.3 is 6.03 Å². The van der Waals surface area contributed by atoms with E-state index in [0.29, 0.717) is 19.7 Å². The molecule has 1 aliphatic heterocycles. The third-order valence-corrected chi connectivity index (χ3v) is 4.13. The first-order valence-corrected chi connectivity index (χ1v) is 8.57. The van der Waals surface area contributed by atoms with Crippen LogP contribution in [0.15, 0.2) is 24.3 Å². The van der Waals surface area contributed by atoms with Crippen LogP contribution < -0.4 is 15.4 Å². The van der Waals surface area contributed by atoms with Crippen molar-refractivity contribution in [3.05, 3.63) is 29.8 Å².